The summed E-state index contributed by atoms with van der Waals surface area (Å²) in [5, 5.41) is 9.66. The maximum Gasteiger partial charge on any atom is 0.131 e. The molecule has 1 aliphatic rings. The first-order valence-electron chi connectivity index (χ1n) is 6.38. The average Bonchev–Trinajstić information content (AvgIpc) is 2.40. The van der Waals surface area contributed by atoms with Crippen LogP contribution in [0.5, 0.6) is 0 Å². The van der Waals surface area contributed by atoms with Crippen molar-refractivity contribution in [2.75, 3.05) is 24.5 Å². The van der Waals surface area contributed by atoms with Crippen LogP contribution in [0.3, 0.4) is 0 Å². The highest BCUT2D eigenvalue weighted by molar-refractivity contribution is 5.47. The van der Waals surface area contributed by atoms with Gasteiger partial charge in [-0.3, -0.25) is 0 Å². The van der Waals surface area contributed by atoms with E-state index in [9.17, 15) is 5.11 Å². The molecule has 17 heavy (non-hydrogen) atoms. The Morgan fingerprint density at radius 2 is 2.12 bits per heavy atom. The molecule has 94 valence electrons. The molecule has 1 fully saturated rings. The lowest BCUT2D eigenvalue weighted by Gasteiger charge is -2.29. The number of piperidine rings is 1. The highest BCUT2D eigenvalue weighted by atomic mass is 16.3. The van der Waals surface area contributed by atoms with E-state index in [1.807, 2.05) is 18.3 Å². The van der Waals surface area contributed by atoms with Gasteiger partial charge in [0.1, 0.15) is 5.82 Å². The van der Waals surface area contributed by atoms with Gasteiger partial charge in [0.15, 0.2) is 0 Å². The number of rotatable bonds is 4. The van der Waals surface area contributed by atoms with Gasteiger partial charge in [0.2, 0.25) is 0 Å². The molecule has 0 aromatic carbocycles. The Labute approximate surface area is 102 Å². The van der Waals surface area contributed by atoms with Crippen molar-refractivity contribution in [1.29, 1.82) is 0 Å². The van der Waals surface area contributed by atoms with Gasteiger partial charge in [-0.15, -0.1) is 0 Å². The van der Waals surface area contributed by atoms with Crippen LogP contribution in [0.25, 0.3) is 0 Å². The molecule has 1 unspecified atom stereocenters. The number of nitrogens with two attached hydrogens (primary N) is 1. The molecule has 2 rings (SSSR count). The zero-order valence-corrected chi connectivity index (χ0v) is 10.2. The first-order chi connectivity index (χ1) is 8.31. The Balaban J connectivity index is 2.14. The Kier molecular flexibility index (Phi) is 4.34. The monoisotopic (exact) mass is 235 g/mol. The third-order valence-corrected chi connectivity index (χ3v) is 3.25. The number of anilines is 1. The number of aromatic nitrogens is 1. The quantitative estimate of drug-likeness (QED) is 0.815. The second-order valence-electron chi connectivity index (χ2n) is 4.63. The molecule has 4 heteroatoms. The van der Waals surface area contributed by atoms with E-state index in [1.165, 1.54) is 19.3 Å². The molecular weight excluding hydrogens is 214 g/mol. The van der Waals surface area contributed by atoms with Crippen LogP contribution in [-0.4, -0.2) is 35.8 Å². The van der Waals surface area contributed by atoms with Gasteiger partial charge in [-0.25, -0.2) is 4.98 Å². The van der Waals surface area contributed by atoms with Gasteiger partial charge in [0.05, 0.1) is 6.10 Å². The summed E-state index contributed by atoms with van der Waals surface area (Å²) in [7, 11) is 0. The molecule has 2 heterocycles. The summed E-state index contributed by atoms with van der Waals surface area (Å²) in [6, 6.07) is 3.96. The molecule has 0 spiro atoms. The summed E-state index contributed by atoms with van der Waals surface area (Å²) in [4.78, 5) is 6.79. The Morgan fingerprint density at radius 1 is 1.35 bits per heavy atom. The molecular formula is C13H21N3O. The van der Waals surface area contributed by atoms with Crippen molar-refractivity contribution < 1.29 is 5.11 Å². The predicted octanol–water partition coefficient (Wildman–Crippen LogP) is 0.934. The Morgan fingerprint density at radius 3 is 2.82 bits per heavy atom. The maximum atomic E-state index is 9.66. The topological polar surface area (TPSA) is 62.4 Å². The van der Waals surface area contributed by atoms with Gasteiger partial charge >= 0.3 is 0 Å². The van der Waals surface area contributed by atoms with Gasteiger partial charge in [0, 0.05) is 32.3 Å². The SMILES string of the molecule is NCC(O)Cc1cccnc1N1CCCCC1. The minimum absolute atomic E-state index is 0.300. The van der Waals surface area contributed by atoms with E-state index < -0.39 is 6.10 Å². The lowest BCUT2D eigenvalue weighted by atomic mass is 10.1. The van der Waals surface area contributed by atoms with E-state index in [-0.39, 0.29) is 0 Å². The van der Waals surface area contributed by atoms with Gasteiger partial charge in [-0.05, 0) is 30.9 Å². The highest BCUT2D eigenvalue weighted by Gasteiger charge is 2.16. The molecule has 4 nitrogen and oxygen atoms in total. The van der Waals surface area contributed by atoms with E-state index in [2.05, 4.69) is 9.88 Å². The van der Waals surface area contributed by atoms with Crippen LogP contribution in [0.4, 0.5) is 5.82 Å². The minimum Gasteiger partial charge on any atom is -0.391 e. The highest BCUT2D eigenvalue weighted by Crippen LogP contribution is 2.22. The van der Waals surface area contributed by atoms with Gasteiger partial charge in [0.25, 0.3) is 0 Å². The fourth-order valence-corrected chi connectivity index (χ4v) is 2.32. The zero-order valence-electron chi connectivity index (χ0n) is 10.2. The van der Waals surface area contributed by atoms with Gasteiger partial charge < -0.3 is 15.7 Å². The third-order valence-electron chi connectivity index (χ3n) is 3.25. The second kappa shape index (κ2) is 5.98. The van der Waals surface area contributed by atoms with Crippen molar-refractivity contribution in [3.63, 3.8) is 0 Å². The van der Waals surface area contributed by atoms with Crippen LogP contribution in [0, 0.1) is 0 Å². The molecule has 0 radical (unpaired) electrons. The smallest absolute Gasteiger partial charge is 0.131 e. The summed E-state index contributed by atoms with van der Waals surface area (Å²) in [6.07, 6.45) is 5.72. The van der Waals surface area contributed by atoms with Crippen molar-refractivity contribution in [3.05, 3.63) is 23.9 Å². The normalized spacial score (nSPS) is 18.1. The number of aliphatic hydroxyl groups excluding tert-OH is 1. The molecule has 0 amide bonds. The number of nitrogens with zero attached hydrogens (tertiary/aromatic N) is 2. The van der Waals surface area contributed by atoms with Gasteiger partial charge in [-0.1, -0.05) is 6.07 Å². The van der Waals surface area contributed by atoms with Crippen molar-refractivity contribution in [1.82, 2.24) is 4.98 Å². The Bertz CT molecular complexity index is 350. The van der Waals surface area contributed by atoms with Gasteiger partial charge in [-0.2, -0.15) is 0 Å². The molecule has 0 aliphatic carbocycles. The average molecular weight is 235 g/mol. The van der Waals surface area contributed by atoms with Crippen LogP contribution in [0.15, 0.2) is 18.3 Å². The predicted molar refractivity (Wildman–Crippen MR) is 69.1 cm³/mol. The van der Waals surface area contributed by atoms with E-state index in [0.29, 0.717) is 13.0 Å². The molecule has 1 atom stereocenters. The molecule has 0 saturated carbocycles. The third kappa shape index (κ3) is 3.17. The largest absolute Gasteiger partial charge is 0.391 e. The number of hydrogen-bond acceptors (Lipinski definition) is 4. The minimum atomic E-state index is -0.470. The lowest BCUT2D eigenvalue weighted by Crippen LogP contribution is -2.32. The molecule has 1 aromatic heterocycles. The molecule has 0 bridgehead atoms. The van der Waals surface area contributed by atoms with Crippen LogP contribution >= 0.6 is 0 Å². The summed E-state index contributed by atoms with van der Waals surface area (Å²) in [5.74, 6) is 1.03. The van der Waals surface area contributed by atoms with E-state index in [0.717, 1.165) is 24.5 Å². The number of pyridine rings is 1. The number of hydrogen-bond donors (Lipinski definition) is 2. The van der Waals surface area contributed by atoms with Crippen molar-refractivity contribution in [2.24, 2.45) is 5.73 Å². The first kappa shape index (κ1) is 12.3. The number of aliphatic hydroxyl groups is 1. The second-order valence-corrected chi connectivity index (χ2v) is 4.63. The summed E-state index contributed by atoms with van der Waals surface area (Å²) in [5.41, 5.74) is 6.57. The summed E-state index contributed by atoms with van der Waals surface area (Å²) >= 11 is 0. The zero-order chi connectivity index (χ0) is 12.1. The van der Waals surface area contributed by atoms with Crippen molar-refractivity contribution in [3.8, 4) is 0 Å². The fraction of sp³-hybridized carbons (Fsp3) is 0.615. The van der Waals surface area contributed by atoms with Crippen molar-refractivity contribution >= 4 is 5.82 Å². The fourth-order valence-electron chi connectivity index (χ4n) is 2.32. The maximum absolute atomic E-state index is 9.66. The molecule has 3 N–H and O–H groups in total. The Hall–Kier alpha value is -1.13. The molecule has 1 aromatic rings. The van der Waals surface area contributed by atoms with Crippen molar-refractivity contribution in [2.45, 2.75) is 31.8 Å². The van der Waals surface area contributed by atoms with Crippen LogP contribution < -0.4 is 10.6 Å². The van der Waals surface area contributed by atoms with E-state index >= 15 is 0 Å². The van der Waals surface area contributed by atoms with Crippen LogP contribution in [0.2, 0.25) is 0 Å². The summed E-state index contributed by atoms with van der Waals surface area (Å²) < 4.78 is 0. The summed E-state index contributed by atoms with van der Waals surface area (Å²) in [6.45, 7) is 2.44. The molecule has 1 aliphatic heterocycles. The first-order valence-corrected chi connectivity index (χ1v) is 6.38. The van der Waals surface area contributed by atoms with E-state index in [4.69, 9.17) is 5.73 Å². The van der Waals surface area contributed by atoms with Crippen LogP contribution in [-0.2, 0) is 6.42 Å². The standard InChI is InChI=1S/C13H21N3O/c14-10-12(17)9-11-5-4-6-15-13(11)16-7-2-1-3-8-16/h4-6,12,17H,1-3,7-10,14H2. The van der Waals surface area contributed by atoms with E-state index in [1.54, 1.807) is 0 Å². The lowest BCUT2D eigenvalue weighted by molar-refractivity contribution is 0.183. The van der Waals surface area contributed by atoms with Crippen LogP contribution in [0.1, 0.15) is 24.8 Å². The molecule has 1 saturated heterocycles.